The second kappa shape index (κ2) is 8.37. The molecular weight excluding hydrogens is 458 g/mol. The standard InChI is InChI=1S/C22H19N7O4S/c1-11-5-12(2)26-17(25-11)6-16(30)13-7-28(8-13)18-4-3-14-19(31)15(21(32)33)9-29(20(14)27-18)22-23-10-24-34-22/h3-5,9-10,13H,6-8H2,1-2H3,(H,32,33). The number of fused-ring (bicyclic) bond motifs is 1. The largest absolute Gasteiger partial charge is 0.477 e. The highest BCUT2D eigenvalue weighted by Crippen LogP contribution is 2.27. The van der Waals surface area contributed by atoms with E-state index in [1.807, 2.05) is 24.8 Å². The summed E-state index contributed by atoms with van der Waals surface area (Å²) in [6.45, 7) is 4.72. The van der Waals surface area contributed by atoms with Gasteiger partial charge in [-0.15, -0.1) is 0 Å². The normalized spacial score (nSPS) is 13.8. The molecule has 0 aliphatic carbocycles. The van der Waals surface area contributed by atoms with Crippen LogP contribution >= 0.6 is 11.5 Å². The molecule has 11 nitrogen and oxygen atoms in total. The third-order valence-corrected chi connectivity index (χ3v) is 6.31. The van der Waals surface area contributed by atoms with Gasteiger partial charge in [-0.2, -0.15) is 4.37 Å². The van der Waals surface area contributed by atoms with E-state index in [0.29, 0.717) is 29.9 Å². The third kappa shape index (κ3) is 3.92. The molecule has 1 aliphatic rings. The molecule has 5 heterocycles. The molecule has 1 aliphatic heterocycles. The van der Waals surface area contributed by atoms with Crippen molar-refractivity contribution >= 4 is 40.1 Å². The van der Waals surface area contributed by atoms with Crippen LogP contribution in [0.3, 0.4) is 0 Å². The Balaban J connectivity index is 1.41. The van der Waals surface area contributed by atoms with E-state index in [1.54, 1.807) is 12.1 Å². The summed E-state index contributed by atoms with van der Waals surface area (Å²) >= 11 is 1.06. The topological polar surface area (TPSA) is 144 Å². The van der Waals surface area contributed by atoms with Crippen LogP contribution in [0.5, 0.6) is 0 Å². The minimum Gasteiger partial charge on any atom is -0.477 e. The van der Waals surface area contributed by atoms with E-state index in [0.717, 1.165) is 22.9 Å². The van der Waals surface area contributed by atoms with E-state index in [9.17, 15) is 19.5 Å². The number of rotatable bonds is 6. The number of carboxylic acid groups (broad SMARTS) is 1. The number of anilines is 1. The quantitative estimate of drug-likeness (QED) is 0.435. The molecule has 0 spiro atoms. The number of carboxylic acids is 1. The Kier molecular flexibility index (Phi) is 5.36. The summed E-state index contributed by atoms with van der Waals surface area (Å²) in [6.07, 6.45) is 2.75. The van der Waals surface area contributed by atoms with E-state index >= 15 is 0 Å². The van der Waals surface area contributed by atoms with Crippen molar-refractivity contribution in [3.63, 3.8) is 0 Å². The van der Waals surface area contributed by atoms with Crippen LogP contribution in [0.25, 0.3) is 16.2 Å². The van der Waals surface area contributed by atoms with Gasteiger partial charge in [-0.05, 0) is 32.0 Å². The van der Waals surface area contributed by atoms with Gasteiger partial charge in [0.1, 0.15) is 29.3 Å². The van der Waals surface area contributed by atoms with Gasteiger partial charge in [0.05, 0.1) is 17.7 Å². The van der Waals surface area contributed by atoms with Gasteiger partial charge < -0.3 is 10.0 Å². The average molecular weight is 478 g/mol. The Morgan fingerprint density at radius 1 is 1.15 bits per heavy atom. The van der Waals surface area contributed by atoms with Crippen molar-refractivity contribution in [3.8, 4) is 5.13 Å². The number of Topliss-reactive ketones (excluding diaryl/α,β-unsaturated/α-hetero) is 1. The zero-order chi connectivity index (χ0) is 24.0. The Hall–Kier alpha value is -4.06. The number of aryl methyl sites for hydroxylation is 2. The fourth-order valence-electron chi connectivity index (χ4n) is 3.99. The fourth-order valence-corrected chi connectivity index (χ4v) is 4.50. The maximum Gasteiger partial charge on any atom is 0.341 e. The van der Waals surface area contributed by atoms with Crippen LogP contribution < -0.4 is 10.3 Å². The summed E-state index contributed by atoms with van der Waals surface area (Å²) < 4.78 is 5.42. The van der Waals surface area contributed by atoms with Crippen molar-refractivity contribution < 1.29 is 14.7 Å². The first-order valence-corrected chi connectivity index (χ1v) is 11.2. The summed E-state index contributed by atoms with van der Waals surface area (Å²) in [6, 6.07) is 5.08. The second-order valence-corrected chi connectivity index (χ2v) is 8.88. The van der Waals surface area contributed by atoms with Gasteiger partial charge in [-0.1, -0.05) is 0 Å². The summed E-state index contributed by atoms with van der Waals surface area (Å²) in [5.74, 6) is -0.313. The van der Waals surface area contributed by atoms with E-state index in [1.165, 1.54) is 17.1 Å². The highest BCUT2D eigenvalue weighted by atomic mass is 32.1. The van der Waals surface area contributed by atoms with Gasteiger partial charge in [-0.25, -0.2) is 24.7 Å². The Bertz CT molecular complexity index is 1470. The number of aromatic nitrogens is 6. The first kappa shape index (κ1) is 21.8. The smallest absolute Gasteiger partial charge is 0.341 e. The average Bonchev–Trinajstić information content (AvgIpc) is 3.26. The molecule has 1 fully saturated rings. The minimum absolute atomic E-state index is 0.0684. The number of ketones is 1. The number of pyridine rings is 2. The zero-order valence-corrected chi connectivity index (χ0v) is 19.1. The lowest BCUT2D eigenvalue weighted by Crippen LogP contribution is -2.51. The molecule has 0 amide bonds. The van der Waals surface area contributed by atoms with Crippen LogP contribution in [0.2, 0.25) is 0 Å². The van der Waals surface area contributed by atoms with Crippen molar-refractivity contribution in [2.75, 3.05) is 18.0 Å². The molecular formula is C22H19N7O4S. The number of aromatic carboxylic acids is 1. The molecule has 4 aromatic rings. The molecule has 34 heavy (non-hydrogen) atoms. The SMILES string of the molecule is Cc1cc(C)nc(CC(=O)C2CN(c3ccc4c(=O)c(C(=O)O)cn(-c5ncns5)c4n3)C2)n1. The lowest BCUT2D eigenvalue weighted by molar-refractivity contribution is -0.123. The Labute approximate surface area is 196 Å². The number of hydrogen-bond acceptors (Lipinski definition) is 10. The number of carbonyl (C=O) groups is 2. The van der Waals surface area contributed by atoms with Crippen LogP contribution in [0.4, 0.5) is 5.82 Å². The molecule has 0 saturated carbocycles. The molecule has 0 aromatic carbocycles. The lowest BCUT2D eigenvalue weighted by Gasteiger charge is -2.39. The Morgan fingerprint density at radius 2 is 1.88 bits per heavy atom. The van der Waals surface area contributed by atoms with Crippen molar-refractivity contribution in [3.05, 3.63) is 63.7 Å². The summed E-state index contributed by atoms with van der Waals surface area (Å²) in [7, 11) is 0. The molecule has 1 N–H and O–H groups in total. The third-order valence-electron chi connectivity index (χ3n) is 5.64. The van der Waals surface area contributed by atoms with Crippen LogP contribution in [0.1, 0.15) is 27.6 Å². The van der Waals surface area contributed by atoms with Gasteiger partial charge in [0.2, 0.25) is 10.6 Å². The first-order valence-electron chi connectivity index (χ1n) is 10.5. The van der Waals surface area contributed by atoms with Crippen molar-refractivity contribution in [2.24, 2.45) is 5.92 Å². The Morgan fingerprint density at radius 3 is 2.53 bits per heavy atom. The molecule has 4 aromatic heterocycles. The zero-order valence-electron chi connectivity index (χ0n) is 18.3. The van der Waals surface area contributed by atoms with Gasteiger partial charge in [0.15, 0.2) is 5.65 Å². The van der Waals surface area contributed by atoms with E-state index in [2.05, 4.69) is 24.3 Å². The number of nitrogens with zero attached hydrogens (tertiary/aromatic N) is 7. The minimum atomic E-state index is -1.33. The van der Waals surface area contributed by atoms with Crippen molar-refractivity contribution in [2.45, 2.75) is 20.3 Å². The van der Waals surface area contributed by atoms with Gasteiger partial charge in [0.25, 0.3) is 0 Å². The van der Waals surface area contributed by atoms with Crippen molar-refractivity contribution in [1.29, 1.82) is 0 Å². The molecule has 12 heteroatoms. The summed E-state index contributed by atoms with van der Waals surface area (Å²) in [5.41, 5.74) is 0.951. The van der Waals surface area contributed by atoms with Crippen LogP contribution in [-0.2, 0) is 11.2 Å². The predicted octanol–water partition coefficient (Wildman–Crippen LogP) is 1.59. The molecule has 172 valence electrons. The van der Waals surface area contributed by atoms with Crippen LogP contribution in [0.15, 0.2) is 35.5 Å². The number of carbonyl (C=O) groups excluding carboxylic acids is 1. The maximum absolute atomic E-state index is 12.7. The lowest BCUT2D eigenvalue weighted by atomic mass is 9.93. The second-order valence-electron chi connectivity index (χ2n) is 8.12. The van der Waals surface area contributed by atoms with E-state index < -0.39 is 11.4 Å². The van der Waals surface area contributed by atoms with E-state index in [4.69, 9.17) is 0 Å². The highest BCUT2D eigenvalue weighted by molar-refractivity contribution is 7.08. The molecule has 0 atom stereocenters. The fraction of sp³-hybridized carbons (Fsp3) is 0.273. The van der Waals surface area contributed by atoms with Gasteiger partial charge >= 0.3 is 5.97 Å². The highest BCUT2D eigenvalue weighted by Gasteiger charge is 2.34. The molecule has 0 bridgehead atoms. The first-order chi connectivity index (χ1) is 16.3. The molecule has 0 radical (unpaired) electrons. The predicted molar refractivity (Wildman–Crippen MR) is 124 cm³/mol. The molecule has 0 unspecified atom stereocenters. The van der Waals surface area contributed by atoms with Gasteiger partial charge in [-0.3, -0.25) is 14.2 Å². The van der Waals surface area contributed by atoms with E-state index in [-0.39, 0.29) is 34.7 Å². The molecule has 5 rings (SSSR count). The van der Waals surface area contributed by atoms with Crippen LogP contribution in [0, 0.1) is 19.8 Å². The van der Waals surface area contributed by atoms with Gasteiger partial charge in [0, 0.05) is 42.2 Å². The summed E-state index contributed by atoms with van der Waals surface area (Å²) in [4.78, 5) is 56.3. The maximum atomic E-state index is 12.7. The van der Waals surface area contributed by atoms with Crippen LogP contribution in [-0.4, -0.2) is 58.8 Å². The molecule has 1 saturated heterocycles. The number of hydrogen-bond donors (Lipinski definition) is 1. The van der Waals surface area contributed by atoms with Crippen molar-refractivity contribution in [1.82, 2.24) is 28.9 Å². The monoisotopic (exact) mass is 477 g/mol. The summed E-state index contributed by atoms with van der Waals surface area (Å²) in [5, 5.41) is 10.00.